The van der Waals surface area contributed by atoms with E-state index in [4.69, 9.17) is 52.4 Å². The lowest BCUT2D eigenvalue weighted by atomic mass is 9.78. The highest BCUT2D eigenvalue weighted by atomic mass is 19.1. The molecule has 107 heavy (non-hydrogen) atoms. The van der Waals surface area contributed by atoms with Gasteiger partial charge in [-0.25, -0.2) is 19.2 Å². The van der Waals surface area contributed by atoms with Gasteiger partial charge in [-0.15, -0.1) is 0 Å². The van der Waals surface area contributed by atoms with E-state index in [1.165, 1.54) is 27.7 Å². The zero-order valence-electron chi connectivity index (χ0n) is 60.3. The van der Waals surface area contributed by atoms with Crippen LogP contribution in [0.3, 0.4) is 0 Å². The number of aliphatic imine (C=N–C) groups is 1. The van der Waals surface area contributed by atoms with Gasteiger partial charge >= 0.3 is 5.97 Å². The van der Waals surface area contributed by atoms with Crippen LogP contribution in [0, 0.1) is 18.7 Å². The molecule has 0 radical (unpaired) electrons. The third-order valence-corrected chi connectivity index (χ3v) is 18.7. The van der Waals surface area contributed by atoms with Gasteiger partial charge < -0.3 is 88.9 Å². The molecule has 2 aliphatic carbocycles. The van der Waals surface area contributed by atoms with Crippen LogP contribution in [0.15, 0.2) is 64.4 Å². The third-order valence-electron chi connectivity index (χ3n) is 18.7. The van der Waals surface area contributed by atoms with Crippen LogP contribution in [-0.2, 0) is 127 Å². The molecule has 1 saturated carbocycles. The predicted octanol–water partition coefficient (Wildman–Crippen LogP) is 0.834. The van der Waals surface area contributed by atoms with E-state index in [1.54, 1.807) is 56.5 Å². The number of imide groups is 1. The minimum absolute atomic E-state index is 0.0318. The van der Waals surface area contributed by atoms with Gasteiger partial charge in [0.05, 0.1) is 154 Å². The molecule has 3 aliphatic heterocycles. The number of nitrogens with zero attached hydrogens (tertiary/aromatic N) is 4. The van der Waals surface area contributed by atoms with E-state index >= 15 is 4.39 Å². The number of rotatable bonds is 48. The van der Waals surface area contributed by atoms with Crippen LogP contribution in [0.1, 0.15) is 103 Å². The zero-order valence-corrected chi connectivity index (χ0v) is 60.3. The molecule has 580 valence electrons. The van der Waals surface area contributed by atoms with Gasteiger partial charge in [0.1, 0.15) is 31.8 Å². The van der Waals surface area contributed by atoms with Crippen molar-refractivity contribution in [2.24, 2.45) is 10.9 Å². The van der Waals surface area contributed by atoms with E-state index in [0.29, 0.717) is 171 Å². The Bertz CT molecular complexity index is 3910. The lowest BCUT2D eigenvalue weighted by molar-refractivity contribution is -0.172. The molecule has 1 unspecified atom stereocenters. The van der Waals surface area contributed by atoms with E-state index in [2.05, 4.69) is 36.9 Å². The Morgan fingerprint density at radius 3 is 1.94 bits per heavy atom. The molecule has 32 nitrogen and oxygen atoms in total. The quantitative estimate of drug-likeness (QED) is 0.00932. The SMILES string of the molecule is CC[C@@]1(O)C(=O)OCc2c1cc1n(c2=O)Cc2c-1nc1cc(F)c(C)c3c1c2C(C=NC(=O)C1CC(OCNC(=O)CNC(=O)[C@H](Cc2ccccc2)NC(=O)CNC(=O)CNC(=O)COCCOCCOCCOCCOCCOCCOCCOCCNC(=O)CCCCCN2C(=O)C=CC2=O)C1)CC3. The van der Waals surface area contributed by atoms with Gasteiger partial charge in [0, 0.05) is 78.7 Å². The van der Waals surface area contributed by atoms with E-state index in [9.17, 15) is 57.8 Å². The maximum Gasteiger partial charge on any atom is 0.343 e. The molecule has 2 aromatic heterocycles. The van der Waals surface area contributed by atoms with Crippen molar-refractivity contribution >= 4 is 76.3 Å². The number of nitrogens with one attached hydrogen (secondary N) is 6. The molecule has 0 saturated heterocycles. The number of carbonyl (C=O) groups is 10. The van der Waals surface area contributed by atoms with E-state index in [0.717, 1.165) is 22.9 Å². The Labute approximate surface area is 617 Å². The summed E-state index contributed by atoms with van der Waals surface area (Å²) in [5.41, 5.74) is 2.48. The summed E-state index contributed by atoms with van der Waals surface area (Å²) < 4.78 is 71.7. The van der Waals surface area contributed by atoms with Crippen molar-refractivity contribution in [1.82, 2.24) is 46.4 Å². The van der Waals surface area contributed by atoms with E-state index in [-0.39, 0.29) is 100 Å². The Morgan fingerprint density at radius 1 is 0.701 bits per heavy atom. The minimum atomic E-state index is -2.03. The number of esters is 1. The predicted molar refractivity (Wildman–Crippen MR) is 379 cm³/mol. The summed E-state index contributed by atoms with van der Waals surface area (Å²) in [5.74, 6) is -6.41. The van der Waals surface area contributed by atoms with Crippen LogP contribution >= 0.6 is 0 Å². The molecular formula is C74H95FN10O22. The average Bonchev–Trinajstić information content (AvgIpc) is 1.64. The molecule has 4 aromatic rings. The number of aromatic nitrogens is 2. The molecule has 9 rings (SSSR count). The first-order valence-electron chi connectivity index (χ1n) is 36.2. The largest absolute Gasteiger partial charge is 0.458 e. The number of halogens is 1. The van der Waals surface area contributed by atoms with Crippen molar-refractivity contribution in [3.8, 4) is 11.4 Å². The lowest BCUT2D eigenvalue weighted by Crippen LogP contribution is -2.52. The van der Waals surface area contributed by atoms with Gasteiger partial charge in [0.25, 0.3) is 17.4 Å². The van der Waals surface area contributed by atoms with Crippen LogP contribution in [0.5, 0.6) is 0 Å². The number of fused-ring (bicyclic) bond motifs is 5. The first-order valence-corrected chi connectivity index (χ1v) is 36.2. The van der Waals surface area contributed by atoms with Crippen molar-refractivity contribution in [1.29, 1.82) is 0 Å². The number of aryl methyl sites for hydroxylation is 1. The van der Waals surface area contributed by atoms with Gasteiger partial charge in [-0.05, 0) is 80.2 Å². The summed E-state index contributed by atoms with van der Waals surface area (Å²) in [6, 6.07) is 10.6. The van der Waals surface area contributed by atoms with Crippen LogP contribution in [0.4, 0.5) is 4.39 Å². The Kier molecular flexibility index (Phi) is 32.0. The number of aliphatic hydroxyl groups is 1. The lowest BCUT2D eigenvalue weighted by Gasteiger charge is -2.33. The summed E-state index contributed by atoms with van der Waals surface area (Å²) >= 11 is 0. The fraction of sp³-hybridized carbons (Fsp3) is 0.554. The summed E-state index contributed by atoms with van der Waals surface area (Å²) in [4.78, 5) is 150. The molecule has 5 heterocycles. The molecule has 33 heteroatoms. The zero-order chi connectivity index (χ0) is 76.1. The highest BCUT2D eigenvalue weighted by Crippen LogP contribution is 2.46. The number of hydrogen-bond donors (Lipinski definition) is 7. The van der Waals surface area contributed by atoms with Crippen molar-refractivity contribution < 1.29 is 105 Å². The maximum atomic E-state index is 15.4. The fourth-order valence-electron chi connectivity index (χ4n) is 12.7. The Hall–Kier alpha value is -9.16. The molecule has 0 bridgehead atoms. The first kappa shape index (κ1) is 81.9. The van der Waals surface area contributed by atoms with Crippen LogP contribution in [0.2, 0.25) is 0 Å². The number of hydrogen-bond acceptors (Lipinski definition) is 23. The molecule has 3 atom stereocenters. The van der Waals surface area contributed by atoms with Gasteiger partial charge in [-0.3, -0.25) is 52.8 Å². The topological polar surface area (TPSA) is 406 Å². The highest BCUT2D eigenvalue weighted by Gasteiger charge is 2.46. The first-order chi connectivity index (χ1) is 51.8. The van der Waals surface area contributed by atoms with Crippen molar-refractivity contribution in [2.45, 2.75) is 115 Å². The number of carbonyl (C=O) groups excluding carboxylic acids is 10. The van der Waals surface area contributed by atoms with Crippen LogP contribution in [0.25, 0.3) is 22.3 Å². The van der Waals surface area contributed by atoms with Gasteiger partial charge in [0.15, 0.2) is 5.60 Å². The highest BCUT2D eigenvalue weighted by molar-refractivity contribution is 6.13. The van der Waals surface area contributed by atoms with Gasteiger partial charge in [0.2, 0.25) is 41.4 Å². The standard InChI is InChI=1S/C74H95FN10O22/c1-3-74(97)55-37-59-69-53(43-85(59)72(95)54(55)44-106-73(74)96)67-49(13-14-52-47(2)56(75)38-57(83-69)68(52)67)39-79-70(93)50-35-51(36-50)107-46-81-62(88)41-80-71(94)58(34-48-10-6-4-7-11-48)82-63(89)42-77-61(87)40-78-64(90)45-105-33-32-104-31-30-103-29-28-102-27-26-101-25-24-100-23-22-99-21-20-98-19-17-76-60(86)12-8-5-9-18-84-65(91)15-16-66(84)92/h4,6-7,10-11,15-16,37-39,49-51,58,97H,3,5,8-9,12-14,17-36,40-46H2,1-2H3,(H,76,86)(H,77,87)(H,78,90)(H,80,94)(H,81,88)(H,82,89)/t49?,50?,51?,58-,74-/m0/s1. The second-order valence-electron chi connectivity index (χ2n) is 26.0. The summed E-state index contributed by atoms with van der Waals surface area (Å²) in [6.45, 7) is 6.98. The molecule has 1 fully saturated rings. The van der Waals surface area contributed by atoms with Crippen molar-refractivity contribution in [3.05, 3.63) is 110 Å². The number of ether oxygens (including phenoxy) is 10. The Morgan fingerprint density at radius 2 is 1.30 bits per heavy atom. The summed E-state index contributed by atoms with van der Waals surface area (Å²) in [6.07, 6.45) is 7.85. The number of benzene rings is 2. The molecule has 7 N–H and O–H groups in total. The van der Waals surface area contributed by atoms with Crippen LogP contribution in [-0.4, -0.2) is 242 Å². The van der Waals surface area contributed by atoms with Gasteiger partial charge in [-0.1, -0.05) is 43.7 Å². The second-order valence-corrected chi connectivity index (χ2v) is 26.0. The number of pyridine rings is 2. The Balaban J connectivity index is 0.554. The molecular weight excluding hydrogens is 1400 g/mol. The molecule has 2 aromatic carbocycles. The molecule has 5 aliphatic rings. The maximum absolute atomic E-state index is 15.4. The van der Waals surface area contributed by atoms with Gasteiger partial charge in [-0.2, -0.15) is 0 Å². The van der Waals surface area contributed by atoms with Crippen molar-refractivity contribution in [2.75, 3.05) is 145 Å². The number of cyclic esters (lactones) is 1. The van der Waals surface area contributed by atoms with E-state index < -0.39 is 90.0 Å². The fourth-order valence-corrected chi connectivity index (χ4v) is 12.7. The van der Waals surface area contributed by atoms with Crippen LogP contribution < -0.4 is 37.5 Å². The van der Waals surface area contributed by atoms with Crippen molar-refractivity contribution in [3.63, 3.8) is 0 Å². The number of unbranched alkanes of at least 4 members (excludes halogenated alkanes) is 2. The normalized spacial score (nSPS) is 17.8. The summed E-state index contributed by atoms with van der Waals surface area (Å²) in [7, 11) is 0. The molecule has 9 amide bonds. The minimum Gasteiger partial charge on any atom is -0.458 e. The smallest absolute Gasteiger partial charge is 0.343 e. The molecule has 0 spiro atoms. The average molecular weight is 1500 g/mol. The monoisotopic (exact) mass is 1490 g/mol. The number of amides is 9. The van der Waals surface area contributed by atoms with E-state index in [1.807, 2.05) is 0 Å². The third kappa shape index (κ3) is 23.7. The summed E-state index contributed by atoms with van der Waals surface area (Å²) in [5, 5.41) is 27.5. The second kappa shape index (κ2) is 41.8.